The SMILES string of the molecule is CCCCc1ccc(N2CC(C3CC3)NCC2CC)cc1. The summed E-state index contributed by atoms with van der Waals surface area (Å²) in [5.74, 6) is 0.939. The maximum Gasteiger partial charge on any atom is 0.0412 e. The van der Waals surface area contributed by atoms with Crippen LogP contribution < -0.4 is 10.2 Å². The molecule has 0 aromatic heterocycles. The topological polar surface area (TPSA) is 15.3 Å². The molecule has 1 aliphatic heterocycles. The van der Waals surface area contributed by atoms with Crippen LogP contribution in [-0.4, -0.2) is 25.2 Å². The molecule has 1 aromatic carbocycles. The monoisotopic (exact) mass is 286 g/mol. The van der Waals surface area contributed by atoms with E-state index in [1.54, 1.807) is 0 Å². The molecule has 2 nitrogen and oxygen atoms in total. The quantitative estimate of drug-likeness (QED) is 0.850. The maximum atomic E-state index is 3.78. The number of rotatable bonds is 6. The zero-order chi connectivity index (χ0) is 14.7. The van der Waals surface area contributed by atoms with Crippen molar-refractivity contribution in [3.05, 3.63) is 29.8 Å². The van der Waals surface area contributed by atoms with Crippen LogP contribution in [-0.2, 0) is 6.42 Å². The van der Waals surface area contributed by atoms with Crippen LogP contribution in [0, 0.1) is 5.92 Å². The summed E-state index contributed by atoms with van der Waals surface area (Å²) in [6, 6.07) is 10.7. The minimum Gasteiger partial charge on any atom is -0.366 e. The Bertz CT molecular complexity index is 435. The van der Waals surface area contributed by atoms with Crippen LogP contribution in [0.25, 0.3) is 0 Å². The third-order valence-electron chi connectivity index (χ3n) is 5.20. The van der Waals surface area contributed by atoms with E-state index in [-0.39, 0.29) is 0 Å². The highest BCUT2D eigenvalue weighted by atomic mass is 15.2. The Morgan fingerprint density at radius 3 is 2.52 bits per heavy atom. The van der Waals surface area contributed by atoms with Gasteiger partial charge in [0.05, 0.1) is 0 Å². The summed E-state index contributed by atoms with van der Waals surface area (Å²) in [5, 5.41) is 3.78. The molecule has 0 amide bonds. The summed E-state index contributed by atoms with van der Waals surface area (Å²) in [4.78, 5) is 2.66. The molecular weight excluding hydrogens is 256 g/mol. The van der Waals surface area contributed by atoms with Crippen molar-refractivity contribution in [2.24, 2.45) is 5.92 Å². The Morgan fingerprint density at radius 2 is 1.90 bits per heavy atom. The predicted octanol–water partition coefficient (Wildman–Crippen LogP) is 4.00. The number of unbranched alkanes of at least 4 members (excludes halogenated alkanes) is 1. The van der Waals surface area contributed by atoms with E-state index < -0.39 is 0 Å². The van der Waals surface area contributed by atoms with Gasteiger partial charge in [0.15, 0.2) is 0 Å². The largest absolute Gasteiger partial charge is 0.366 e. The smallest absolute Gasteiger partial charge is 0.0412 e. The van der Waals surface area contributed by atoms with Crippen LogP contribution in [0.15, 0.2) is 24.3 Å². The van der Waals surface area contributed by atoms with Gasteiger partial charge in [0, 0.05) is 30.9 Å². The van der Waals surface area contributed by atoms with Crippen LogP contribution in [0.1, 0.15) is 51.5 Å². The van der Waals surface area contributed by atoms with Gasteiger partial charge < -0.3 is 10.2 Å². The zero-order valence-corrected chi connectivity index (χ0v) is 13.6. The lowest BCUT2D eigenvalue weighted by Crippen LogP contribution is -2.57. The van der Waals surface area contributed by atoms with Crippen molar-refractivity contribution in [3.63, 3.8) is 0 Å². The van der Waals surface area contributed by atoms with E-state index in [4.69, 9.17) is 0 Å². The molecule has 21 heavy (non-hydrogen) atoms. The van der Waals surface area contributed by atoms with Gasteiger partial charge in [-0.15, -0.1) is 0 Å². The van der Waals surface area contributed by atoms with E-state index in [0.29, 0.717) is 12.1 Å². The fourth-order valence-corrected chi connectivity index (χ4v) is 3.55. The van der Waals surface area contributed by atoms with Gasteiger partial charge in [0.25, 0.3) is 0 Å². The molecule has 2 unspecified atom stereocenters. The van der Waals surface area contributed by atoms with Gasteiger partial charge in [-0.2, -0.15) is 0 Å². The first-order chi connectivity index (χ1) is 10.3. The fourth-order valence-electron chi connectivity index (χ4n) is 3.55. The molecule has 0 radical (unpaired) electrons. The summed E-state index contributed by atoms with van der Waals surface area (Å²) < 4.78 is 0. The van der Waals surface area contributed by atoms with Crippen molar-refractivity contribution in [1.29, 1.82) is 0 Å². The number of hydrogen-bond donors (Lipinski definition) is 1. The second-order valence-corrected chi connectivity index (χ2v) is 6.84. The molecular formula is C19H30N2. The third-order valence-corrected chi connectivity index (χ3v) is 5.20. The van der Waals surface area contributed by atoms with E-state index >= 15 is 0 Å². The molecule has 1 saturated carbocycles. The molecule has 1 N–H and O–H groups in total. The van der Waals surface area contributed by atoms with E-state index in [1.807, 2.05) is 0 Å². The summed E-state index contributed by atoms with van der Waals surface area (Å²) in [6.07, 6.45) is 7.88. The molecule has 1 aliphatic carbocycles. The van der Waals surface area contributed by atoms with Gasteiger partial charge in [-0.3, -0.25) is 0 Å². The molecule has 2 fully saturated rings. The minimum atomic E-state index is 0.654. The Morgan fingerprint density at radius 1 is 1.14 bits per heavy atom. The standard InChI is InChI=1S/C19H30N2/c1-3-5-6-15-7-11-18(12-8-15)21-14-19(16-9-10-16)20-13-17(21)4-2/h7-8,11-12,16-17,19-20H,3-6,9-10,13-14H2,1-2H3. The number of benzene rings is 1. The van der Waals surface area contributed by atoms with Crippen LogP contribution >= 0.6 is 0 Å². The average Bonchev–Trinajstić information content (AvgIpc) is 3.38. The molecule has 0 spiro atoms. The highest BCUT2D eigenvalue weighted by Crippen LogP contribution is 2.35. The molecule has 1 aromatic rings. The van der Waals surface area contributed by atoms with Crippen LogP contribution in [0.5, 0.6) is 0 Å². The highest BCUT2D eigenvalue weighted by molar-refractivity contribution is 5.49. The lowest BCUT2D eigenvalue weighted by Gasteiger charge is -2.42. The lowest BCUT2D eigenvalue weighted by molar-refractivity contribution is 0.360. The third kappa shape index (κ3) is 3.60. The zero-order valence-electron chi connectivity index (χ0n) is 13.6. The lowest BCUT2D eigenvalue weighted by atomic mass is 10.0. The highest BCUT2D eigenvalue weighted by Gasteiger charge is 2.36. The van der Waals surface area contributed by atoms with Gasteiger partial charge in [-0.25, -0.2) is 0 Å². The Labute approximate surface area is 129 Å². The minimum absolute atomic E-state index is 0.654. The van der Waals surface area contributed by atoms with Gasteiger partial charge in [0.2, 0.25) is 0 Å². The molecule has 3 rings (SSSR count). The second-order valence-electron chi connectivity index (χ2n) is 6.84. The van der Waals surface area contributed by atoms with E-state index in [2.05, 4.69) is 48.3 Å². The Kier molecular flexibility index (Phi) is 4.84. The molecule has 0 bridgehead atoms. The van der Waals surface area contributed by atoms with Crippen molar-refractivity contribution in [2.45, 2.75) is 64.5 Å². The van der Waals surface area contributed by atoms with Crippen molar-refractivity contribution in [3.8, 4) is 0 Å². The summed E-state index contributed by atoms with van der Waals surface area (Å²) in [7, 11) is 0. The van der Waals surface area contributed by atoms with E-state index in [0.717, 1.165) is 12.5 Å². The number of piperazine rings is 1. The molecule has 1 saturated heterocycles. The van der Waals surface area contributed by atoms with Crippen LogP contribution in [0.2, 0.25) is 0 Å². The first kappa shape index (κ1) is 14.9. The van der Waals surface area contributed by atoms with Crippen LogP contribution in [0.3, 0.4) is 0 Å². The summed E-state index contributed by atoms with van der Waals surface area (Å²) in [5.41, 5.74) is 2.91. The second kappa shape index (κ2) is 6.83. The fraction of sp³-hybridized carbons (Fsp3) is 0.684. The number of aryl methyl sites for hydroxylation is 1. The molecule has 1 heterocycles. The van der Waals surface area contributed by atoms with Crippen molar-refractivity contribution < 1.29 is 0 Å². The average molecular weight is 286 g/mol. The molecule has 2 aliphatic rings. The first-order valence-corrected chi connectivity index (χ1v) is 8.90. The van der Waals surface area contributed by atoms with Gasteiger partial charge in [0.1, 0.15) is 0 Å². The normalized spacial score (nSPS) is 26.1. The predicted molar refractivity (Wildman–Crippen MR) is 91.0 cm³/mol. The summed E-state index contributed by atoms with van der Waals surface area (Å²) >= 11 is 0. The Balaban J connectivity index is 1.69. The van der Waals surface area contributed by atoms with Gasteiger partial charge in [-0.1, -0.05) is 32.4 Å². The van der Waals surface area contributed by atoms with Crippen molar-refractivity contribution >= 4 is 5.69 Å². The van der Waals surface area contributed by atoms with Gasteiger partial charge in [-0.05, 0) is 55.7 Å². The van der Waals surface area contributed by atoms with Gasteiger partial charge >= 0.3 is 0 Å². The number of anilines is 1. The van der Waals surface area contributed by atoms with Crippen molar-refractivity contribution in [1.82, 2.24) is 5.32 Å². The molecule has 2 atom stereocenters. The van der Waals surface area contributed by atoms with Crippen molar-refractivity contribution in [2.75, 3.05) is 18.0 Å². The Hall–Kier alpha value is -1.02. The summed E-state index contributed by atoms with van der Waals surface area (Å²) in [6.45, 7) is 6.91. The maximum absolute atomic E-state index is 3.78. The van der Waals surface area contributed by atoms with E-state index in [1.165, 1.54) is 56.3 Å². The first-order valence-electron chi connectivity index (χ1n) is 8.90. The number of hydrogen-bond acceptors (Lipinski definition) is 2. The number of nitrogens with one attached hydrogen (secondary N) is 1. The van der Waals surface area contributed by atoms with E-state index in [9.17, 15) is 0 Å². The molecule has 2 heteroatoms. The molecule has 116 valence electrons. The van der Waals surface area contributed by atoms with Crippen LogP contribution in [0.4, 0.5) is 5.69 Å². The number of nitrogens with zero attached hydrogens (tertiary/aromatic N) is 1.